The minimum Gasteiger partial charge on any atom is -0.496 e. The molecule has 0 amide bonds. The summed E-state index contributed by atoms with van der Waals surface area (Å²) in [6, 6.07) is 0. The van der Waals surface area contributed by atoms with Gasteiger partial charge in [0.25, 0.3) is 0 Å². The van der Waals surface area contributed by atoms with E-state index in [-0.39, 0.29) is 0 Å². The maximum Gasteiger partial charge on any atom is 0.114 e. The molecular formula is C9H16O3. The van der Waals surface area contributed by atoms with Crippen LogP contribution in [0.3, 0.4) is 0 Å². The van der Waals surface area contributed by atoms with E-state index in [4.69, 9.17) is 14.2 Å². The lowest BCUT2D eigenvalue weighted by molar-refractivity contribution is 0.111. The molecule has 0 saturated heterocycles. The number of hydrogen-bond acceptors (Lipinski definition) is 3. The van der Waals surface area contributed by atoms with E-state index in [1.807, 2.05) is 0 Å². The summed E-state index contributed by atoms with van der Waals surface area (Å²) >= 11 is 0. The second kappa shape index (κ2) is 6.03. The van der Waals surface area contributed by atoms with Crippen molar-refractivity contribution in [3.8, 4) is 0 Å². The second-order valence-corrected chi connectivity index (χ2v) is 2.84. The molecule has 1 heterocycles. The first-order chi connectivity index (χ1) is 5.93. The Balaban J connectivity index is 1.76. The first-order valence-corrected chi connectivity index (χ1v) is 4.29. The summed E-state index contributed by atoms with van der Waals surface area (Å²) in [4.78, 5) is 0. The molecular weight excluding hydrogens is 156 g/mol. The van der Waals surface area contributed by atoms with Crippen molar-refractivity contribution in [1.82, 2.24) is 0 Å². The molecule has 0 unspecified atom stereocenters. The van der Waals surface area contributed by atoms with Gasteiger partial charge in [-0.3, -0.25) is 0 Å². The van der Waals surface area contributed by atoms with Crippen LogP contribution in [0.4, 0.5) is 0 Å². The highest BCUT2D eigenvalue weighted by molar-refractivity contribution is 5.05. The fourth-order valence-corrected chi connectivity index (χ4v) is 0.931. The molecule has 0 aromatic carbocycles. The van der Waals surface area contributed by atoms with Crippen molar-refractivity contribution in [2.45, 2.75) is 12.8 Å². The van der Waals surface area contributed by atoms with Crippen LogP contribution in [0.1, 0.15) is 12.8 Å². The topological polar surface area (TPSA) is 27.7 Å². The Kier molecular flexibility index (Phi) is 4.80. The Bertz CT molecular complexity index is 143. The lowest BCUT2D eigenvalue weighted by Crippen LogP contribution is -2.12. The van der Waals surface area contributed by atoms with Crippen LogP contribution in [-0.4, -0.2) is 33.5 Å². The largest absolute Gasteiger partial charge is 0.496 e. The van der Waals surface area contributed by atoms with Gasteiger partial charge in [0.2, 0.25) is 0 Å². The Labute approximate surface area is 73.3 Å². The van der Waals surface area contributed by atoms with Crippen molar-refractivity contribution in [3.63, 3.8) is 0 Å². The van der Waals surface area contributed by atoms with E-state index in [1.165, 1.54) is 5.57 Å². The molecule has 1 aliphatic rings. The summed E-state index contributed by atoms with van der Waals surface area (Å²) in [5.41, 5.74) is 1.25. The third-order valence-electron chi connectivity index (χ3n) is 1.69. The molecule has 0 aliphatic carbocycles. The predicted octanol–water partition coefficient (Wildman–Crippen LogP) is 1.34. The first-order valence-electron chi connectivity index (χ1n) is 4.29. The van der Waals surface area contributed by atoms with E-state index in [0.717, 1.165) is 39.3 Å². The molecule has 12 heavy (non-hydrogen) atoms. The maximum absolute atomic E-state index is 5.38. The van der Waals surface area contributed by atoms with E-state index < -0.39 is 0 Å². The normalized spacial score (nSPS) is 14.9. The summed E-state index contributed by atoms with van der Waals surface area (Å²) in [6.07, 6.45) is 3.91. The zero-order valence-electron chi connectivity index (χ0n) is 7.54. The van der Waals surface area contributed by atoms with Crippen LogP contribution in [-0.2, 0) is 14.2 Å². The lowest BCUT2D eigenvalue weighted by atomic mass is 10.3. The summed E-state index contributed by atoms with van der Waals surface area (Å²) in [7, 11) is 1.72. The quantitative estimate of drug-likeness (QED) is 0.542. The van der Waals surface area contributed by atoms with Crippen molar-refractivity contribution in [2.24, 2.45) is 0 Å². The van der Waals surface area contributed by atoms with E-state index in [1.54, 1.807) is 13.4 Å². The van der Waals surface area contributed by atoms with Gasteiger partial charge >= 0.3 is 0 Å². The molecule has 0 fully saturated rings. The van der Waals surface area contributed by atoms with Crippen molar-refractivity contribution in [2.75, 3.05) is 33.5 Å². The van der Waals surface area contributed by atoms with Crippen LogP contribution in [0.25, 0.3) is 0 Å². The van der Waals surface area contributed by atoms with Crippen molar-refractivity contribution >= 4 is 0 Å². The summed E-state index contributed by atoms with van der Waals surface area (Å²) in [6.45, 7) is 3.13. The van der Waals surface area contributed by atoms with Gasteiger partial charge in [-0.2, -0.15) is 0 Å². The van der Waals surface area contributed by atoms with Crippen LogP contribution in [0.15, 0.2) is 11.8 Å². The molecule has 0 atom stereocenters. The highest BCUT2D eigenvalue weighted by atomic mass is 16.5. The minimum atomic E-state index is 0.729. The number of methoxy groups -OCH3 is 1. The van der Waals surface area contributed by atoms with E-state index >= 15 is 0 Å². The average molecular weight is 172 g/mol. The van der Waals surface area contributed by atoms with Gasteiger partial charge in [0.15, 0.2) is 0 Å². The zero-order chi connectivity index (χ0) is 8.65. The monoisotopic (exact) mass is 172 g/mol. The molecule has 0 radical (unpaired) electrons. The SMILES string of the molecule is COCCCCOCC1=COC1. The second-order valence-electron chi connectivity index (χ2n) is 2.84. The molecule has 0 spiro atoms. The molecule has 3 nitrogen and oxygen atoms in total. The molecule has 1 rings (SSSR count). The van der Waals surface area contributed by atoms with Gasteiger partial charge in [0.05, 0.1) is 12.9 Å². The van der Waals surface area contributed by atoms with Gasteiger partial charge in [-0.1, -0.05) is 0 Å². The van der Waals surface area contributed by atoms with E-state index in [9.17, 15) is 0 Å². The highest BCUT2D eigenvalue weighted by Gasteiger charge is 2.05. The molecule has 0 saturated carbocycles. The van der Waals surface area contributed by atoms with E-state index in [0.29, 0.717) is 0 Å². The lowest BCUT2D eigenvalue weighted by Gasteiger charge is -2.15. The minimum absolute atomic E-state index is 0.729. The maximum atomic E-state index is 5.38. The number of rotatable bonds is 7. The smallest absolute Gasteiger partial charge is 0.114 e. The van der Waals surface area contributed by atoms with E-state index in [2.05, 4.69) is 0 Å². The van der Waals surface area contributed by atoms with Crippen LogP contribution in [0.5, 0.6) is 0 Å². The Hall–Kier alpha value is -0.540. The van der Waals surface area contributed by atoms with Crippen molar-refractivity contribution in [1.29, 1.82) is 0 Å². The molecule has 3 heteroatoms. The summed E-state index contributed by atoms with van der Waals surface area (Å²) < 4.78 is 15.2. The first kappa shape index (κ1) is 9.55. The van der Waals surface area contributed by atoms with Crippen LogP contribution in [0.2, 0.25) is 0 Å². The molecule has 0 bridgehead atoms. The molecule has 0 aromatic heterocycles. The third kappa shape index (κ3) is 3.74. The van der Waals surface area contributed by atoms with Gasteiger partial charge in [-0.05, 0) is 12.8 Å². The number of hydrogen-bond donors (Lipinski definition) is 0. The third-order valence-corrected chi connectivity index (χ3v) is 1.69. The zero-order valence-corrected chi connectivity index (χ0v) is 7.54. The summed E-state index contributed by atoms with van der Waals surface area (Å²) in [5, 5.41) is 0. The van der Waals surface area contributed by atoms with Crippen molar-refractivity contribution < 1.29 is 14.2 Å². The van der Waals surface area contributed by atoms with Gasteiger partial charge in [-0.15, -0.1) is 0 Å². The Morgan fingerprint density at radius 2 is 2.17 bits per heavy atom. The van der Waals surface area contributed by atoms with Gasteiger partial charge < -0.3 is 14.2 Å². The van der Waals surface area contributed by atoms with Gasteiger partial charge in [0, 0.05) is 25.9 Å². The van der Waals surface area contributed by atoms with Gasteiger partial charge in [-0.25, -0.2) is 0 Å². The molecule has 1 aliphatic heterocycles. The van der Waals surface area contributed by atoms with Gasteiger partial charge in [0.1, 0.15) is 6.61 Å². The fraction of sp³-hybridized carbons (Fsp3) is 0.778. The number of ether oxygens (including phenoxy) is 3. The fourth-order valence-electron chi connectivity index (χ4n) is 0.931. The predicted molar refractivity (Wildman–Crippen MR) is 46.0 cm³/mol. The highest BCUT2D eigenvalue weighted by Crippen LogP contribution is 2.07. The average Bonchev–Trinajstić information content (AvgIpc) is 2.00. The Morgan fingerprint density at radius 1 is 1.42 bits per heavy atom. The Morgan fingerprint density at radius 3 is 2.75 bits per heavy atom. The number of unbranched alkanes of at least 4 members (excludes halogenated alkanes) is 1. The molecule has 0 aromatic rings. The molecule has 70 valence electrons. The van der Waals surface area contributed by atoms with Crippen LogP contribution >= 0.6 is 0 Å². The summed E-state index contributed by atoms with van der Waals surface area (Å²) in [5.74, 6) is 0. The van der Waals surface area contributed by atoms with Crippen molar-refractivity contribution in [3.05, 3.63) is 11.8 Å². The standard InChI is InChI=1S/C9H16O3/c1-10-4-2-3-5-11-6-9-7-12-8-9/h7H,2-6,8H2,1H3. The molecule has 0 N–H and O–H groups in total. The van der Waals surface area contributed by atoms with Crippen LogP contribution in [0, 0.1) is 0 Å². The van der Waals surface area contributed by atoms with Crippen LogP contribution < -0.4 is 0 Å².